The van der Waals surface area contributed by atoms with E-state index >= 15 is 0 Å². The van der Waals surface area contributed by atoms with Gasteiger partial charge in [0, 0.05) is 17.1 Å². The van der Waals surface area contributed by atoms with Gasteiger partial charge in [0.05, 0.1) is 24.1 Å². The Morgan fingerprint density at radius 2 is 2.07 bits per heavy atom. The molecule has 3 aromatic rings. The maximum absolute atomic E-state index is 12.9. The van der Waals surface area contributed by atoms with Crippen LogP contribution in [0.4, 0.5) is 0 Å². The number of fused-ring (bicyclic) bond motifs is 2. The fourth-order valence-electron chi connectivity index (χ4n) is 3.48. The molecule has 0 saturated heterocycles. The van der Waals surface area contributed by atoms with E-state index < -0.39 is 0 Å². The highest BCUT2D eigenvalue weighted by atomic mass is 35.5. The molecule has 0 aliphatic carbocycles. The summed E-state index contributed by atoms with van der Waals surface area (Å²) in [6.45, 7) is 4.56. The molecule has 1 aliphatic heterocycles. The highest BCUT2D eigenvalue weighted by molar-refractivity contribution is 6.31. The van der Waals surface area contributed by atoms with Gasteiger partial charge in [0.15, 0.2) is 11.5 Å². The molecule has 0 radical (unpaired) electrons. The predicted molar refractivity (Wildman–Crippen MR) is 112 cm³/mol. The van der Waals surface area contributed by atoms with Crippen molar-refractivity contribution in [2.45, 2.75) is 32.9 Å². The largest absolute Gasteiger partial charge is 0.493 e. The molecule has 4 rings (SSSR count). The summed E-state index contributed by atoms with van der Waals surface area (Å²) in [5, 5.41) is 1.15. The molecule has 144 valence electrons. The Labute approximate surface area is 168 Å². The lowest BCUT2D eigenvalue weighted by molar-refractivity contribution is 0.229. The van der Waals surface area contributed by atoms with Gasteiger partial charge in [-0.05, 0) is 56.2 Å². The number of allylic oxidation sites excluding steroid dienone is 1. The van der Waals surface area contributed by atoms with Gasteiger partial charge in [-0.15, -0.1) is 0 Å². The smallest absolute Gasteiger partial charge is 0.261 e. The van der Waals surface area contributed by atoms with Gasteiger partial charge in [0.1, 0.15) is 5.82 Å². The van der Waals surface area contributed by atoms with Crippen LogP contribution in [0.2, 0.25) is 5.02 Å². The molecule has 1 aromatic heterocycles. The van der Waals surface area contributed by atoms with Gasteiger partial charge in [-0.25, -0.2) is 4.98 Å². The number of methoxy groups -OCH3 is 1. The van der Waals surface area contributed by atoms with Gasteiger partial charge in [0.2, 0.25) is 0 Å². The van der Waals surface area contributed by atoms with Crippen LogP contribution in [0.3, 0.4) is 0 Å². The Morgan fingerprint density at radius 1 is 1.25 bits per heavy atom. The summed E-state index contributed by atoms with van der Waals surface area (Å²) in [5.41, 5.74) is 2.46. The number of hydrogen-bond donors (Lipinski definition) is 0. The molecule has 0 atom stereocenters. The summed E-state index contributed by atoms with van der Waals surface area (Å²) in [5.74, 6) is 2.05. The molecule has 1 aliphatic rings. The summed E-state index contributed by atoms with van der Waals surface area (Å²) < 4.78 is 13.2. The molecule has 0 N–H and O–H groups in total. The fourth-order valence-corrected chi connectivity index (χ4v) is 3.65. The minimum Gasteiger partial charge on any atom is -0.493 e. The predicted octanol–water partition coefficient (Wildman–Crippen LogP) is 4.79. The van der Waals surface area contributed by atoms with Crippen molar-refractivity contribution < 1.29 is 9.47 Å². The van der Waals surface area contributed by atoms with Crippen LogP contribution in [0.1, 0.15) is 31.7 Å². The van der Waals surface area contributed by atoms with Gasteiger partial charge < -0.3 is 9.47 Å². The molecular formula is C22H21ClN2O3. The van der Waals surface area contributed by atoms with E-state index in [-0.39, 0.29) is 11.7 Å². The lowest BCUT2D eigenvalue weighted by Crippen LogP contribution is -2.20. The van der Waals surface area contributed by atoms with Crippen molar-refractivity contribution in [1.29, 1.82) is 0 Å². The second kappa shape index (κ2) is 7.32. The third-order valence-electron chi connectivity index (χ3n) is 4.72. The average Bonchev–Trinajstić information content (AvgIpc) is 3.05. The van der Waals surface area contributed by atoms with Crippen molar-refractivity contribution in [3.63, 3.8) is 0 Å². The lowest BCUT2D eigenvalue weighted by Gasteiger charge is -2.16. The van der Waals surface area contributed by atoms with E-state index in [0.717, 1.165) is 17.6 Å². The molecule has 0 amide bonds. The second-order valence-corrected chi connectivity index (χ2v) is 7.45. The summed E-state index contributed by atoms with van der Waals surface area (Å²) >= 11 is 6.10. The standard InChI is InChI=1S/C22H21ClN2O3/c1-13(2)28-20-14(5-4-6-19(20)27-3)11-15-9-10-25-21(15)24-18-12-16(23)7-8-17(18)22(25)26/h4-8,11-13H,9-10H2,1-3H3. The zero-order chi connectivity index (χ0) is 19.8. The maximum Gasteiger partial charge on any atom is 0.261 e. The second-order valence-electron chi connectivity index (χ2n) is 7.02. The average molecular weight is 397 g/mol. The number of aromatic nitrogens is 2. The van der Waals surface area contributed by atoms with Gasteiger partial charge in [-0.2, -0.15) is 0 Å². The molecular weight excluding hydrogens is 376 g/mol. The summed E-state index contributed by atoms with van der Waals surface area (Å²) in [7, 11) is 1.63. The fraction of sp³-hybridized carbons (Fsp3) is 0.273. The lowest BCUT2D eigenvalue weighted by atomic mass is 10.1. The topological polar surface area (TPSA) is 53.4 Å². The molecule has 2 heterocycles. The van der Waals surface area contributed by atoms with E-state index in [9.17, 15) is 4.79 Å². The van der Waals surface area contributed by atoms with E-state index in [0.29, 0.717) is 39.8 Å². The Morgan fingerprint density at radius 3 is 2.82 bits per heavy atom. The first kappa shape index (κ1) is 18.6. The van der Waals surface area contributed by atoms with Crippen LogP contribution in [0.15, 0.2) is 41.2 Å². The minimum atomic E-state index is -0.0376. The molecule has 0 saturated carbocycles. The molecule has 0 spiro atoms. The molecule has 6 heteroatoms. The van der Waals surface area contributed by atoms with Crippen LogP contribution >= 0.6 is 11.6 Å². The van der Waals surface area contributed by atoms with Gasteiger partial charge in [0.25, 0.3) is 5.56 Å². The van der Waals surface area contributed by atoms with E-state index in [1.807, 2.05) is 38.1 Å². The van der Waals surface area contributed by atoms with Crippen molar-refractivity contribution in [2.75, 3.05) is 7.11 Å². The van der Waals surface area contributed by atoms with Crippen molar-refractivity contribution in [2.24, 2.45) is 0 Å². The van der Waals surface area contributed by atoms with Crippen LogP contribution in [-0.4, -0.2) is 22.8 Å². The SMILES string of the molecule is COc1cccc(C=C2CCn3c2nc2cc(Cl)ccc2c3=O)c1OC(C)C. The number of benzene rings is 2. The molecule has 28 heavy (non-hydrogen) atoms. The van der Waals surface area contributed by atoms with E-state index in [2.05, 4.69) is 0 Å². The van der Waals surface area contributed by atoms with Crippen LogP contribution < -0.4 is 15.0 Å². The first-order chi connectivity index (χ1) is 13.5. The quantitative estimate of drug-likeness (QED) is 0.636. The third kappa shape index (κ3) is 3.27. The Hall–Kier alpha value is -2.79. The monoisotopic (exact) mass is 396 g/mol. The zero-order valence-electron chi connectivity index (χ0n) is 16.0. The molecule has 0 unspecified atom stereocenters. The summed E-state index contributed by atoms with van der Waals surface area (Å²) in [6, 6.07) is 11.0. The highest BCUT2D eigenvalue weighted by Crippen LogP contribution is 2.36. The number of hydrogen-bond acceptors (Lipinski definition) is 4. The van der Waals surface area contributed by atoms with Crippen LogP contribution in [0, 0.1) is 0 Å². The first-order valence-electron chi connectivity index (χ1n) is 9.22. The van der Waals surface area contributed by atoms with Gasteiger partial charge in [-0.3, -0.25) is 9.36 Å². The Kier molecular flexibility index (Phi) is 4.85. The van der Waals surface area contributed by atoms with Crippen LogP contribution in [-0.2, 0) is 6.54 Å². The third-order valence-corrected chi connectivity index (χ3v) is 4.96. The highest BCUT2D eigenvalue weighted by Gasteiger charge is 2.22. The molecule has 0 bridgehead atoms. The van der Waals surface area contributed by atoms with Crippen LogP contribution in [0.5, 0.6) is 11.5 Å². The van der Waals surface area contributed by atoms with E-state index in [4.69, 9.17) is 26.1 Å². The normalized spacial score (nSPS) is 14.7. The summed E-state index contributed by atoms with van der Waals surface area (Å²) in [4.78, 5) is 17.6. The van der Waals surface area contributed by atoms with Crippen molar-refractivity contribution in [3.8, 4) is 11.5 Å². The van der Waals surface area contributed by atoms with Crippen LogP contribution in [0.25, 0.3) is 22.6 Å². The minimum absolute atomic E-state index is 0.0103. The zero-order valence-corrected chi connectivity index (χ0v) is 16.8. The number of ether oxygens (including phenoxy) is 2. The Bertz CT molecular complexity index is 1150. The Balaban J connectivity index is 1.87. The summed E-state index contributed by atoms with van der Waals surface area (Å²) in [6.07, 6.45) is 2.77. The maximum atomic E-state index is 12.9. The number of rotatable bonds is 4. The van der Waals surface area contributed by atoms with Gasteiger partial charge >= 0.3 is 0 Å². The number of halogens is 1. The first-order valence-corrected chi connectivity index (χ1v) is 9.60. The van der Waals surface area contributed by atoms with Crippen molar-refractivity contribution in [1.82, 2.24) is 9.55 Å². The number of para-hydroxylation sites is 1. The number of nitrogens with zero attached hydrogens (tertiary/aromatic N) is 2. The van der Waals surface area contributed by atoms with Gasteiger partial charge in [-0.1, -0.05) is 23.7 Å². The molecule has 5 nitrogen and oxygen atoms in total. The van der Waals surface area contributed by atoms with Crippen molar-refractivity contribution >= 4 is 34.2 Å². The van der Waals surface area contributed by atoms with E-state index in [1.165, 1.54) is 0 Å². The van der Waals surface area contributed by atoms with Crippen molar-refractivity contribution in [3.05, 3.63) is 63.2 Å². The molecule has 0 fully saturated rings. The van der Waals surface area contributed by atoms with E-state index in [1.54, 1.807) is 29.9 Å². The molecule has 2 aromatic carbocycles.